The molecule has 7 heteroatoms. The van der Waals surface area contributed by atoms with Crippen molar-refractivity contribution in [3.63, 3.8) is 0 Å². The lowest BCUT2D eigenvalue weighted by Gasteiger charge is -2.31. The molecular formula is C20H26N4O3. The average Bonchev–Trinajstić information content (AvgIpc) is 3.47. The topological polar surface area (TPSA) is 87.3 Å². The van der Waals surface area contributed by atoms with Gasteiger partial charge in [-0.1, -0.05) is 0 Å². The number of imidazole rings is 1. The van der Waals surface area contributed by atoms with Crippen LogP contribution in [0.2, 0.25) is 0 Å². The molecule has 2 amide bonds. The van der Waals surface area contributed by atoms with E-state index in [1.54, 1.807) is 7.11 Å². The zero-order valence-corrected chi connectivity index (χ0v) is 15.7. The Morgan fingerprint density at radius 3 is 2.70 bits per heavy atom. The van der Waals surface area contributed by atoms with Crippen LogP contribution in [0.25, 0.3) is 11.0 Å². The SMILES string of the molecule is COc1ccc2nc(CCNC(=O)C3CCN(C(=O)C4CC4)CC3)[nH]c2c1. The molecular weight excluding hydrogens is 344 g/mol. The Morgan fingerprint density at radius 2 is 2.00 bits per heavy atom. The Bertz CT molecular complexity index is 835. The summed E-state index contributed by atoms with van der Waals surface area (Å²) < 4.78 is 5.22. The molecule has 0 atom stereocenters. The van der Waals surface area contributed by atoms with Crippen molar-refractivity contribution in [2.45, 2.75) is 32.1 Å². The molecule has 1 aromatic carbocycles. The lowest BCUT2D eigenvalue weighted by atomic mass is 9.95. The molecule has 1 saturated carbocycles. The van der Waals surface area contributed by atoms with E-state index in [0.717, 1.165) is 48.3 Å². The number of piperidine rings is 1. The Morgan fingerprint density at radius 1 is 1.22 bits per heavy atom. The van der Waals surface area contributed by atoms with Gasteiger partial charge in [0.05, 0.1) is 18.1 Å². The lowest BCUT2D eigenvalue weighted by molar-refractivity contribution is -0.136. The predicted octanol–water partition coefficient (Wildman–Crippen LogP) is 1.88. The number of nitrogens with one attached hydrogen (secondary N) is 2. The fourth-order valence-corrected chi connectivity index (χ4v) is 3.69. The largest absolute Gasteiger partial charge is 0.497 e. The van der Waals surface area contributed by atoms with E-state index in [9.17, 15) is 9.59 Å². The number of likely N-dealkylation sites (tertiary alicyclic amines) is 1. The Hall–Kier alpha value is -2.57. The summed E-state index contributed by atoms with van der Waals surface area (Å²) in [4.78, 5) is 34.2. The van der Waals surface area contributed by atoms with Gasteiger partial charge in [-0.2, -0.15) is 0 Å². The van der Waals surface area contributed by atoms with Gasteiger partial charge in [0, 0.05) is 44.0 Å². The van der Waals surface area contributed by atoms with Gasteiger partial charge in [-0.25, -0.2) is 4.98 Å². The predicted molar refractivity (Wildman–Crippen MR) is 101 cm³/mol. The number of benzene rings is 1. The quantitative estimate of drug-likeness (QED) is 0.813. The minimum atomic E-state index is 0.00758. The summed E-state index contributed by atoms with van der Waals surface area (Å²) in [6.07, 6.45) is 4.24. The summed E-state index contributed by atoms with van der Waals surface area (Å²) >= 11 is 0. The lowest BCUT2D eigenvalue weighted by Crippen LogP contribution is -2.43. The van der Waals surface area contributed by atoms with E-state index in [1.807, 2.05) is 23.1 Å². The van der Waals surface area contributed by atoms with Gasteiger partial charge >= 0.3 is 0 Å². The minimum Gasteiger partial charge on any atom is -0.497 e. The zero-order valence-electron chi connectivity index (χ0n) is 15.7. The number of carbonyl (C=O) groups is 2. The van der Waals surface area contributed by atoms with Crippen LogP contribution >= 0.6 is 0 Å². The normalized spacial score (nSPS) is 17.9. The van der Waals surface area contributed by atoms with Crippen LogP contribution in [0.3, 0.4) is 0 Å². The zero-order chi connectivity index (χ0) is 18.8. The summed E-state index contributed by atoms with van der Waals surface area (Å²) in [5.74, 6) is 2.29. The molecule has 0 bridgehead atoms. The Kier molecular flexibility index (Phi) is 5.01. The molecule has 0 radical (unpaired) electrons. The molecule has 1 saturated heterocycles. The third kappa shape index (κ3) is 4.07. The summed E-state index contributed by atoms with van der Waals surface area (Å²) in [7, 11) is 1.64. The number of ether oxygens (including phenoxy) is 1. The fourth-order valence-electron chi connectivity index (χ4n) is 3.69. The van der Waals surface area contributed by atoms with Crippen LogP contribution in [0.1, 0.15) is 31.5 Å². The van der Waals surface area contributed by atoms with Crippen molar-refractivity contribution in [2.75, 3.05) is 26.7 Å². The average molecular weight is 370 g/mol. The highest BCUT2D eigenvalue weighted by Gasteiger charge is 2.35. The smallest absolute Gasteiger partial charge is 0.225 e. The minimum absolute atomic E-state index is 0.00758. The van der Waals surface area contributed by atoms with Crippen LogP contribution in [0.4, 0.5) is 0 Å². The van der Waals surface area contributed by atoms with Crippen LogP contribution < -0.4 is 10.1 Å². The van der Waals surface area contributed by atoms with Crippen LogP contribution in [-0.4, -0.2) is 53.4 Å². The number of fused-ring (bicyclic) bond motifs is 1. The molecule has 27 heavy (non-hydrogen) atoms. The van der Waals surface area contributed by atoms with Crippen molar-refractivity contribution < 1.29 is 14.3 Å². The van der Waals surface area contributed by atoms with E-state index in [2.05, 4.69) is 15.3 Å². The maximum atomic E-state index is 12.4. The summed E-state index contributed by atoms with van der Waals surface area (Å²) in [5.41, 5.74) is 1.83. The van der Waals surface area contributed by atoms with E-state index >= 15 is 0 Å². The third-order valence-corrected chi connectivity index (χ3v) is 5.50. The molecule has 2 fully saturated rings. The highest BCUT2D eigenvalue weighted by atomic mass is 16.5. The van der Waals surface area contributed by atoms with Crippen molar-refractivity contribution >= 4 is 22.8 Å². The van der Waals surface area contributed by atoms with Gasteiger partial charge in [0.15, 0.2) is 0 Å². The van der Waals surface area contributed by atoms with E-state index in [0.29, 0.717) is 26.1 Å². The highest BCUT2D eigenvalue weighted by molar-refractivity contribution is 5.82. The van der Waals surface area contributed by atoms with Gasteiger partial charge in [-0.3, -0.25) is 9.59 Å². The Labute approximate surface area is 158 Å². The summed E-state index contributed by atoms with van der Waals surface area (Å²) in [6, 6.07) is 5.72. The highest BCUT2D eigenvalue weighted by Crippen LogP contribution is 2.32. The van der Waals surface area contributed by atoms with Gasteiger partial charge in [0.1, 0.15) is 11.6 Å². The number of hydrogen-bond donors (Lipinski definition) is 2. The first kappa shape index (κ1) is 17.8. The maximum Gasteiger partial charge on any atom is 0.225 e. The first-order chi connectivity index (χ1) is 13.1. The van der Waals surface area contributed by atoms with Crippen LogP contribution in [-0.2, 0) is 16.0 Å². The van der Waals surface area contributed by atoms with Crippen molar-refractivity contribution in [1.82, 2.24) is 20.2 Å². The summed E-state index contributed by atoms with van der Waals surface area (Å²) in [6.45, 7) is 1.97. The number of aromatic nitrogens is 2. The van der Waals surface area contributed by atoms with E-state index in [-0.39, 0.29) is 23.7 Å². The molecule has 0 unspecified atom stereocenters. The van der Waals surface area contributed by atoms with Crippen molar-refractivity contribution in [1.29, 1.82) is 0 Å². The second-order valence-electron chi connectivity index (χ2n) is 7.48. The molecule has 2 N–H and O–H groups in total. The number of H-pyrrole nitrogens is 1. The van der Waals surface area contributed by atoms with E-state index in [4.69, 9.17) is 4.74 Å². The third-order valence-electron chi connectivity index (χ3n) is 5.50. The number of aromatic amines is 1. The summed E-state index contributed by atoms with van der Waals surface area (Å²) in [5, 5.41) is 3.02. The second-order valence-corrected chi connectivity index (χ2v) is 7.48. The van der Waals surface area contributed by atoms with Crippen molar-refractivity contribution in [3.05, 3.63) is 24.0 Å². The van der Waals surface area contributed by atoms with Gasteiger partial charge in [-0.05, 0) is 37.8 Å². The molecule has 7 nitrogen and oxygen atoms in total. The second kappa shape index (κ2) is 7.58. The van der Waals surface area contributed by atoms with Crippen LogP contribution in [0.15, 0.2) is 18.2 Å². The molecule has 2 aromatic rings. The number of amides is 2. The number of hydrogen-bond acceptors (Lipinski definition) is 4. The van der Waals surface area contributed by atoms with Crippen molar-refractivity contribution in [2.24, 2.45) is 11.8 Å². The number of carbonyl (C=O) groups excluding carboxylic acids is 2. The molecule has 2 heterocycles. The Balaban J connectivity index is 1.23. The van der Waals surface area contributed by atoms with Gasteiger partial charge in [0.25, 0.3) is 0 Å². The molecule has 4 rings (SSSR count). The number of rotatable bonds is 6. The van der Waals surface area contributed by atoms with Crippen LogP contribution in [0.5, 0.6) is 5.75 Å². The fraction of sp³-hybridized carbons (Fsp3) is 0.550. The molecule has 1 aliphatic carbocycles. The van der Waals surface area contributed by atoms with Gasteiger partial charge < -0.3 is 19.9 Å². The van der Waals surface area contributed by atoms with Gasteiger partial charge in [-0.15, -0.1) is 0 Å². The molecule has 0 spiro atoms. The number of methoxy groups -OCH3 is 1. The number of nitrogens with zero attached hydrogens (tertiary/aromatic N) is 2. The first-order valence-electron chi connectivity index (χ1n) is 9.73. The van der Waals surface area contributed by atoms with E-state index < -0.39 is 0 Å². The maximum absolute atomic E-state index is 12.4. The molecule has 1 aliphatic heterocycles. The first-order valence-corrected chi connectivity index (χ1v) is 9.73. The molecule has 2 aliphatic rings. The standard InChI is InChI=1S/C20H26N4O3/c1-27-15-4-5-16-17(12-15)23-18(22-16)6-9-21-19(25)13-7-10-24(11-8-13)20(26)14-2-3-14/h4-5,12-14H,2-3,6-11H2,1H3,(H,21,25)(H,22,23). The monoisotopic (exact) mass is 370 g/mol. The van der Waals surface area contributed by atoms with Crippen molar-refractivity contribution in [3.8, 4) is 5.75 Å². The molecule has 1 aromatic heterocycles. The molecule has 144 valence electrons. The van der Waals surface area contributed by atoms with E-state index in [1.165, 1.54) is 0 Å². The van der Waals surface area contributed by atoms with Gasteiger partial charge in [0.2, 0.25) is 11.8 Å². The van der Waals surface area contributed by atoms with Crippen LogP contribution in [0, 0.1) is 11.8 Å².